The summed E-state index contributed by atoms with van der Waals surface area (Å²) in [6.07, 6.45) is 1.19. The summed E-state index contributed by atoms with van der Waals surface area (Å²) in [6, 6.07) is 24.6. The number of hydrogen-bond acceptors (Lipinski definition) is 2. The molecule has 0 heterocycles. The fourth-order valence-electron chi connectivity index (χ4n) is 3.93. The number of carbonyl (C=O) groups excluding carboxylic acids is 2. The van der Waals surface area contributed by atoms with Gasteiger partial charge in [0.25, 0.3) is 0 Å². The SMILES string of the molecule is CC(C)(C)NC(=O)[C@H](Cc1ccccc1)N(Cc1cccc(Br)c1)C(=O)CCc1ccccc1Cl. The van der Waals surface area contributed by atoms with E-state index < -0.39 is 11.6 Å². The van der Waals surface area contributed by atoms with Gasteiger partial charge >= 0.3 is 0 Å². The molecule has 3 aromatic carbocycles. The summed E-state index contributed by atoms with van der Waals surface area (Å²) in [7, 11) is 0. The zero-order valence-electron chi connectivity index (χ0n) is 20.4. The van der Waals surface area contributed by atoms with Crippen LogP contribution in [0.2, 0.25) is 5.02 Å². The number of nitrogens with one attached hydrogen (secondary N) is 1. The summed E-state index contributed by atoms with van der Waals surface area (Å²) in [5.74, 6) is -0.252. The molecule has 0 saturated carbocycles. The monoisotopic (exact) mass is 554 g/mol. The number of benzene rings is 3. The molecule has 0 fully saturated rings. The molecule has 0 bridgehead atoms. The van der Waals surface area contributed by atoms with Crippen LogP contribution in [0, 0.1) is 0 Å². The summed E-state index contributed by atoms with van der Waals surface area (Å²) >= 11 is 9.85. The molecule has 0 aliphatic heterocycles. The Morgan fingerprint density at radius 1 is 0.943 bits per heavy atom. The van der Waals surface area contributed by atoms with Crippen molar-refractivity contribution >= 4 is 39.3 Å². The summed E-state index contributed by atoms with van der Waals surface area (Å²) in [5.41, 5.74) is 2.45. The molecule has 0 aromatic heterocycles. The molecule has 184 valence electrons. The third-order valence-electron chi connectivity index (χ3n) is 5.58. The zero-order chi connectivity index (χ0) is 25.4. The average Bonchev–Trinajstić information content (AvgIpc) is 2.80. The van der Waals surface area contributed by atoms with Gasteiger partial charge in [-0.3, -0.25) is 9.59 Å². The number of aryl methyl sites for hydroxylation is 1. The van der Waals surface area contributed by atoms with Crippen molar-refractivity contribution in [2.24, 2.45) is 0 Å². The average molecular weight is 556 g/mol. The highest BCUT2D eigenvalue weighted by Gasteiger charge is 2.32. The maximum absolute atomic E-state index is 13.7. The number of rotatable bonds is 9. The van der Waals surface area contributed by atoms with Crippen LogP contribution in [0.1, 0.15) is 43.9 Å². The summed E-state index contributed by atoms with van der Waals surface area (Å²) in [5, 5.41) is 3.74. The quantitative estimate of drug-likeness (QED) is 0.324. The maximum atomic E-state index is 13.7. The Morgan fingerprint density at radius 2 is 1.60 bits per heavy atom. The highest BCUT2D eigenvalue weighted by molar-refractivity contribution is 9.10. The molecule has 0 aliphatic carbocycles. The lowest BCUT2D eigenvalue weighted by Gasteiger charge is -2.34. The van der Waals surface area contributed by atoms with Crippen molar-refractivity contribution in [3.63, 3.8) is 0 Å². The first-order valence-electron chi connectivity index (χ1n) is 11.8. The van der Waals surface area contributed by atoms with Gasteiger partial charge in [0.05, 0.1) is 0 Å². The van der Waals surface area contributed by atoms with Crippen molar-refractivity contribution in [1.82, 2.24) is 10.2 Å². The Kier molecular flexibility index (Phi) is 9.53. The number of halogens is 2. The van der Waals surface area contributed by atoms with Gasteiger partial charge in [0.15, 0.2) is 0 Å². The highest BCUT2D eigenvalue weighted by Crippen LogP contribution is 2.21. The Balaban J connectivity index is 1.94. The van der Waals surface area contributed by atoms with E-state index in [0.717, 1.165) is 21.2 Å². The molecule has 0 unspecified atom stereocenters. The molecule has 1 N–H and O–H groups in total. The highest BCUT2D eigenvalue weighted by atomic mass is 79.9. The molecule has 4 nitrogen and oxygen atoms in total. The largest absolute Gasteiger partial charge is 0.350 e. The smallest absolute Gasteiger partial charge is 0.243 e. The zero-order valence-corrected chi connectivity index (χ0v) is 22.8. The minimum absolute atomic E-state index is 0.0881. The van der Waals surface area contributed by atoms with Gasteiger partial charge in [-0.25, -0.2) is 0 Å². The van der Waals surface area contributed by atoms with Gasteiger partial charge in [0.1, 0.15) is 6.04 Å². The molecule has 35 heavy (non-hydrogen) atoms. The van der Waals surface area contributed by atoms with Crippen LogP contribution in [-0.2, 0) is 29.0 Å². The van der Waals surface area contributed by atoms with E-state index in [-0.39, 0.29) is 18.2 Å². The minimum atomic E-state index is -0.658. The summed E-state index contributed by atoms with van der Waals surface area (Å²) in [6.45, 7) is 6.17. The van der Waals surface area contributed by atoms with E-state index in [2.05, 4.69) is 21.2 Å². The predicted molar refractivity (Wildman–Crippen MR) is 146 cm³/mol. The van der Waals surface area contributed by atoms with Crippen LogP contribution in [0.3, 0.4) is 0 Å². The molecular formula is C29H32BrClN2O2. The second kappa shape index (κ2) is 12.4. The van der Waals surface area contributed by atoms with Crippen molar-refractivity contribution in [3.05, 3.63) is 105 Å². The Bertz CT molecular complexity index is 1140. The van der Waals surface area contributed by atoms with Crippen LogP contribution in [0.15, 0.2) is 83.3 Å². The first kappa shape index (κ1) is 27.0. The van der Waals surface area contributed by atoms with Crippen LogP contribution in [0.5, 0.6) is 0 Å². The second-order valence-electron chi connectivity index (χ2n) is 9.69. The van der Waals surface area contributed by atoms with Crippen molar-refractivity contribution in [3.8, 4) is 0 Å². The van der Waals surface area contributed by atoms with E-state index in [1.807, 2.05) is 99.6 Å². The first-order valence-corrected chi connectivity index (χ1v) is 12.9. The standard InChI is InChI=1S/C29H32BrClN2O2/c1-29(2,3)32-28(35)26(19-21-10-5-4-6-11-21)33(20-22-12-9-14-24(30)18-22)27(34)17-16-23-13-7-8-15-25(23)31/h4-15,18,26H,16-17,19-20H2,1-3H3,(H,32,35)/t26-/m0/s1. The van der Waals surface area contributed by atoms with Gasteiger partial charge in [-0.2, -0.15) is 0 Å². The van der Waals surface area contributed by atoms with E-state index in [1.54, 1.807) is 4.90 Å². The van der Waals surface area contributed by atoms with Gasteiger partial charge in [-0.05, 0) is 62.1 Å². The van der Waals surface area contributed by atoms with Crippen LogP contribution in [-0.4, -0.2) is 28.3 Å². The maximum Gasteiger partial charge on any atom is 0.243 e. The van der Waals surface area contributed by atoms with Crippen LogP contribution < -0.4 is 5.32 Å². The first-order chi connectivity index (χ1) is 16.6. The second-order valence-corrected chi connectivity index (χ2v) is 11.0. The fourth-order valence-corrected chi connectivity index (χ4v) is 4.60. The van der Waals surface area contributed by atoms with Crippen molar-refractivity contribution in [2.45, 2.75) is 58.2 Å². The Morgan fingerprint density at radius 3 is 2.26 bits per heavy atom. The molecule has 6 heteroatoms. The molecule has 0 spiro atoms. The summed E-state index contributed by atoms with van der Waals surface area (Å²) < 4.78 is 0.928. The van der Waals surface area contributed by atoms with Crippen molar-refractivity contribution in [2.75, 3.05) is 0 Å². The van der Waals surface area contributed by atoms with E-state index in [4.69, 9.17) is 11.6 Å². The third kappa shape index (κ3) is 8.52. The topological polar surface area (TPSA) is 49.4 Å². The molecular weight excluding hydrogens is 524 g/mol. The molecule has 0 saturated heterocycles. The summed E-state index contributed by atoms with van der Waals surface area (Å²) in [4.78, 5) is 29.0. The van der Waals surface area contributed by atoms with Crippen molar-refractivity contribution < 1.29 is 9.59 Å². The fraction of sp³-hybridized carbons (Fsp3) is 0.310. The molecule has 2 amide bonds. The number of amides is 2. The Hall–Kier alpha value is -2.63. The third-order valence-corrected chi connectivity index (χ3v) is 6.44. The van der Waals surface area contributed by atoms with E-state index in [9.17, 15) is 9.59 Å². The molecule has 3 aromatic rings. The lowest BCUT2D eigenvalue weighted by Crippen LogP contribution is -2.54. The van der Waals surface area contributed by atoms with Gasteiger partial charge < -0.3 is 10.2 Å². The molecule has 1 atom stereocenters. The minimum Gasteiger partial charge on any atom is -0.350 e. The number of carbonyl (C=O) groups is 2. The lowest BCUT2D eigenvalue weighted by molar-refractivity contribution is -0.141. The van der Waals surface area contributed by atoms with Crippen LogP contribution in [0.4, 0.5) is 0 Å². The number of nitrogens with zero attached hydrogens (tertiary/aromatic N) is 1. The molecule has 3 rings (SSSR count). The number of hydrogen-bond donors (Lipinski definition) is 1. The lowest BCUT2D eigenvalue weighted by atomic mass is 10.00. The van der Waals surface area contributed by atoms with E-state index >= 15 is 0 Å². The van der Waals surface area contributed by atoms with Gasteiger partial charge in [0, 0.05) is 34.4 Å². The van der Waals surface area contributed by atoms with E-state index in [0.29, 0.717) is 24.4 Å². The van der Waals surface area contributed by atoms with Gasteiger partial charge in [-0.1, -0.05) is 88.2 Å². The van der Waals surface area contributed by atoms with Crippen LogP contribution >= 0.6 is 27.5 Å². The molecule has 0 radical (unpaired) electrons. The van der Waals surface area contributed by atoms with Gasteiger partial charge in [-0.15, -0.1) is 0 Å². The Labute approximate surface area is 221 Å². The van der Waals surface area contributed by atoms with Gasteiger partial charge in [0.2, 0.25) is 11.8 Å². The molecule has 0 aliphatic rings. The van der Waals surface area contributed by atoms with Crippen molar-refractivity contribution in [1.29, 1.82) is 0 Å². The normalized spacial score (nSPS) is 12.1. The van der Waals surface area contributed by atoms with E-state index in [1.165, 1.54) is 0 Å². The van der Waals surface area contributed by atoms with Crippen LogP contribution in [0.25, 0.3) is 0 Å². The predicted octanol–water partition coefficient (Wildman–Crippen LogP) is 6.59.